The lowest BCUT2D eigenvalue weighted by atomic mass is 10.1. The first-order valence-corrected chi connectivity index (χ1v) is 5.65. The zero-order valence-corrected chi connectivity index (χ0v) is 9.25. The molecule has 2 heterocycles. The summed E-state index contributed by atoms with van der Waals surface area (Å²) in [6, 6.07) is 5.86. The maximum atomic E-state index is 10.7. The van der Waals surface area contributed by atoms with Crippen LogP contribution in [0.5, 0.6) is 0 Å². The van der Waals surface area contributed by atoms with E-state index in [-0.39, 0.29) is 0 Å². The Morgan fingerprint density at radius 3 is 3.00 bits per heavy atom. The number of carbonyl (C=O) groups excluding carboxylic acids is 1. The van der Waals surface area contributed by atoms with Gasteiger partial charge >= 0.3 is 0 Å². The van der Waals surface area contributed by atoms with Crippen LogP contribution in [-0.4, -0.2) is 11.3 Å². The Hall–Kier alpha value is -1.48. The average molecular weight is 217 g/mol. The van der Waals surface area contributed by atoms with Crippen LogP contribution in [0, 0.1) is 0 Å². The van der Waals surface area contributed by atoms with Crippen LogP contribution in [0.3, 0.4) is 0 Å². The highest BCUT2D eigenvalue weighted by Crippen LogP contribution is 2.30. The molecule has 0 unspecified atom stereocenters. The second-order valence-electron chi connectivity index (χ2n) is 3.20. The normalized spacial score (nSPS) is 10.2. The van der Waals surface area contributed by atoms with Crippen LogP contribution >= 0.6 is 11.3 Å². The molecule has 0 amide bonds. The summed E-state index contributed by atoms with van der Waals surface area (Å²) in [6.45, 7) is 2.10. The number of aromatic nitrogens is 1. The smallest absolute Gasteiger partial charge is 0.160 e. The maximum absolute atomic E-state index is 10.7. The van der Waals surface area contributed by atoms with E-state index in [1.165, 1.54) is 4.88 Å². The van der Waals surface area contributed by atoms with E-state index in [1.807, 2.05) is 24.4 Å². The van der Waals surface area contributed by atoms with Gasteiger partial charge in [-0.3, -0.25) is 9.78 Å². The van der Waals surface area contributed by atoms with Crippen LogP contribution < -0.4 is 0 Å². The van der Waals surface area contributed by atoms with Crippen LogP contribution in [0.2, 0.25) is 0 Å². The molecule has 2 rings (SSSR count). The van der Waals surface area contributed by atoms with Crippen molar-refractivity contribution in [2.24, 2.45) is 0 Å². The highest BCUT2D eigenvalue weighted by molar-refractivity contribution is 7.14. The predicted octanol–water partition coefficient (Wildman–Crippen LogP) is 3.19. The molecule has 0 saturated carbocycles. The average Bonchev–Trinajstić information content (AvgIpc) is 2.73. The van der Waals surface area contributed by atoms with E-state index in [9.17, 15) is 4.79 Å². The Kier molecular flexibility index (Phi) is 2.92. The topological polar surface area (TPSA) is 30.0 Å². The minimum atomic E-state index is 0.783. The first-order chi connectivity index (χ1) is 7.35. The second kappa shape index (κ2) is 4.36. The van der Waals surface area contributed by atoms with Gasteiger partial charge in [0.1, 0.15) is 0 Å². The maximum Gasteiger partial charge on any atom is 0.160 e. The molecule has 0 aliphatic heterocycles. The molecule has 0 radical (unpaired) electrons. The van der Waals surface area contributed by atoms with E-state index < -0.39 is 0 Å². The number of thiophene rings is 1. The van der Waals surface area contributed by atoms with Gasteiger partial charge in [-0.05, 0) is 24.1 Å². The molecule has 0 fully saturated rings. The first kappa shape index (κ1) is 10.1. The summed E-state index contributed by atoms with van der Waals surface area (Å²) in [4.78, 5) is 16.8. The SMILES string of the molecule is CCc1sc(C=O)cc1-c1cccnc1. The van der Waals surface area contributed by atoms with Crippen LogP contribution in [0.4, 0.5) is 0 Å². The number of aryl methyl sites for hydroxylation is 1. The van der Waals surface area contributed by atoms with E-state index in [4.69, 9.17) is 0 Å². The summed E-state index contributed by atoms with van der Waals surface area (Å²) < 4.78 is 0. The van der Waals surface area contributed by atoms with Crippen molar-refractivity contribution < 1.29 is 4.79 Å². The third-order valence-electron chi connectivity index (χ3n) is 2.24. The minimum absolute atomic E-state index is 0.783. The molecule has 2 aromatic heterocycles. The first-order valence-electron chi connectivity index (χ1n) is 4.83. The Morgan fingerprint density at radius 1 is 1.53 bits per heavy atom. The van der Waals surface area contributed by atoms with E-state index in [2.05, 4.69) is 11.9 Å². The predicted molar refractivity (Wildman–Crippen MR) is 62.3 cm³/mol. The molecule has 76 valence electrons. The van der Waals surface area contributed by atoms with E-state index in [0.29, 0.717) is 0 Å². The van der Waals surface area contributed by atoms with Gasteiger partial charge in [0.15, 0.2) is 6.29 Å². The van der Waals surface area contributed by atoms with Crippen LogP contribution in [0.25, 0.3) is 11.1 Å². The van der Waals surface area contributed by atoms with Gasteiger partial charge in [-0.25, -0.2) is 0 Å². The third-order valence-corrected chi connectivity index (χ3v) is 3.44. The number of hydrogen-bond acceptors (Lipinski definition) is 3. The molecule has 0 spiro atoms. The zero-order valence-electron chi connectivity index (χ0n) is 8.43. The van der Waals surface area contributed by atoms with Gasteiger partial charge in [0.05, 0.1) is 4.88 Å². The molecular weight excluding hydrogens is 206 g/mol. The molecule has 0 aromatic carbocycles. The number of rotatable bonds is 3. The van der Waals surface area contributed by atoms with E-state index in [0.717, 1.165) is 28.7 Å². The van der Waals surface area contributed by atoms with Crippen molar-refractivity contribution in [2.45, 2.75) is 13.3 Å². The van der Waals surface area contributed by atoms with Crippen molar-refractivity contribution in [3.63, 3.8) is 0 Å². The van der Waals surface area contributed by atoms with Crippen molar-refractivity contribution in [2.75, 3.05) is 0 Å². The Bertz CT molecular complexity index is 462. The molecule has 2 nitrogen and oxygen atoms in total. The summed E-state index contributed by atoms with van der Waals surface area (Å²) in [7, 11) is 0. The zero-order chi connectivity index (χ0) is 10.7. The summed E-state index contributed by atoms with van der Waals surface area (Å²) in [5, 5.41) is 0. The fourth-order valence-corrected chi connectivity index (χ4v) is 2.48. The number of hydrogen-bond donors (Lipinski definition) is 0. The molecule has 0 aliphatic carbocycles. The highest BCUT2D eigenvalue weighted by atomic mass is 32.1. The summed E-state index contributed by atoms with van der Waals surface area (Å²) in [6.07, 6.45) is 5.43. The molecule has 2 aromatic rings. The molecule has 0 saturated heterocycles. The monoisotopic (exact) mass is 217 g/mol. The highest BCUT2D eigenvalue weighted by Gasteiger charge is 2.08. The minimum Gasteiger partial charge on any atom is -0.297 e. The van der Waals surface area contributed by atoms with E-state index in [1.54, 1.807) is 17.5 Å². The summed E-state index contributed by atoms with van der Waals surface area (Å²) in [5.41, 5.74) is 2.22. The number of pyridine rings is 1. The second-order valence-corrected chi connectivity index (χ2v) is 4.37. The number of aldehydes is 1. The van der Waals surface area contributed by atoms with Crippen molar-refractivity contribution >= 4 is 17.6 Å². The lowest BCUT2D eigenvalue weighted by molar-refractivity contribution is 0.112. The number of nitrogens with zero attached hydrogens (tertiary/aromatic N) is 1. The standard InChI is InChI=1S/C12H11NOS/c1-2-12-11(6-10(8-14)15-12)9-4-3-5-13-7-9/h3-8H,2H2,1H3. The molecular formula is C12H11NOS. The van der Waals surface area contributed by atoms with Gasteiger partial charge in [0.25, 0.3) is 0 Å². The van der Waals surface area contributed by atoms with Crippen LogP contribution in [0.15, 0.2) is 30.6 Å². The molecule has 0 atom stereocenters. The Morgan fingerprint density at radius 2 is 2.40 bits per heavy atom. The fourth-order valence-electron chi connectivity index (χ4n) is 1.54. The molecule has 0 N–H and O–H groups in total. The van der Waals surface area contributed by atoms with Crippen LogP contribution in [0.1, 0.15) is 21.5 Å². The summed E-state index contributed by atoms with van der Waals surface area (Å²) in [5.74, 6) is 0. The third kappa shape index (κ3) is 1.97. The largest absolute Gasteiger partial charge is 0.297 e. The lowest BCUT2D eigenvalue weighted by Crippen LogP contribution is -1.80. The van der Waals surface area contributed by atoms with Gasteiger partial charge in [-0.15, -0.1) is 11.3 Å². The molecule has 0 aliphatic rings. The van der Waals surface area contributed by atoms with Crippen molar-refractivity contribution in [1.29, 1.82) is 0 Å². The molecule has 0 bridgehead atoms. The van der Waals surface area contributed by atoms with E-state index >= 15 is 0 Å². The van der Waals surface area contributed by atoms with Gasteiger partial charge in [0, 0.05) is 22.8 Å². The van der Waals surface area contributed by atoms with Gasteiger partial charge in [0.2, 0.25) is 0 Å². The molecule has 3 heteroatoms. The summed E-state index contributed by atoms with van der Waals surface area (Å²) >= 11 is 1.56. The van der Waals surface area contributed by atoms with Gasteiger partial charge in [-0.1, -0.05) is 13.0 Å². The van der Waals surface area contributed by atoms with Gasteiger partial charge < -0.3 is 0 Å². The number of carbonyl (C=O) groups is 1. The Labute approximate surface area is 92.6 Å². The van der Waals surface area contributed by atoms with Crippen molar-refractivity contribution in [3.8, 4) is 11.1 Å². The molecule has 15 heavy (non-hydrogen) atoms. The lowest BCUT2D eigenvalue weighted by Gasteiger charge is -1.99. The van der Waals surface area contributed by atoms with Gasteiger partial charge in [-0.2, -0.15) is 0 Å². The quantitative estimate of drug-likeness (QED) is 0.739. The van der Waals surface area contributed by atoms with Crippen molar-refractivity contribution in [3.05, 3.63) is 40.3 Å². The fraction of sp³-hybridized carbons (Fsp3) is 0.167. The van der Waals surface area contributed by atoms with Crippen LogP contribution in [-0.2, 0) is 6.42 Å². The Balaban J connectivity index is 2.52. The van der Waals surface area contributed by atoms with Crippen molar-refractivity contribution in [1.82, 2.24) is 4.98 Å².